The van der Waals surface area contributed by atoms with Crippen LogP contribution in [0.1, 0.15) is 90.4 Å². The van der Waals surface area contributed by atoms with Crippen LogP contribution in [-0.4, -0.2) is 9.13 Å². The molecule has 0 spiro atoms. The van der Waals surface area contributed by atoms with Gasteiger partial charge in [-0.3, -0.25) is 0 Å². The molecule has 2 heteroatoms. The number of fused-ring (bicyclic) bond motifs is 2. The Bertz CT molecular complexity index is 1410. The van der Waals surface area contributed by atoms with E-state index in [1.165, 1.54) is 95.9 Å². The zero-order chi connectivity index (χ0) is 27.9. The quantitative estimate of drug-likeness (QED) is 0.135. The Labute approximate surface area is 242 Å². The zero-order valence-electron chi connectivity index (χ0n) is 25.2. The summed E-state index contributed by atoms with van der Waals surface area (Å²) in [5.41, 5.74) is 8.02. The third-order valence-electron chi connectivity index (χ3n) is 9.00. The Balaban J connectivity index is 1.60. The van der Waals surface area contributed by atoms with E-state index in [9.17, 15) is 0 Å². The van der Waals surface area contributed by atoms with Gasteiger partial charge in [0.25, 0.3) is 0 Å². The van der Waals surface area contributed by atoms with Gasteiger partial charge in [0.05, 0.1) is 11.0 Å². The zero-order valence-corrected chi connectivity index (χ0v) is 25.2. The largest absolute Gasteiger partial charge is 0.314 e. The number of aromatic nitrogens is 2. The summed E-state index contributed by atoms with van der Waals surface area (Å²) in [5, 5.41) is 2.67. The van der Waals surface area contributed by atoms with Crippen molar-refractivity contribution in [3.63, 3.8) is 0 Å². The normalized spacial score (nSPS) is 13.3. The standard InChI is InChI=1S/C38H48N2/c1-5-9-16-29(7-3)24-35-26-31-18-11-13-22-37(31)39(35)33-20-15-21-34(28-33)40-36(25-30(8-4)17-10-6-2)27-32-19-12-14-23-38(32)40/h11-15,18-23,26-30H,5-10,16-17,24-25H2,1-4H3. The van der Waals surface area contributed by atoms with E-state index in [-0.39, 0.29) is 0 Å². The minimum atomic E-state index is 0.722. The molecule has 2 aromatic heterocycles. The first kappa shape index (κ1) is 28.3. The van der Waals surface area contributed by atoms with Crippen LogP contribution in [0.25, 0.3) is 33.2 Å². The average molecular weight is 533 g/mol. The summed E-state index contributed by atoms with van der Waals surface area (Å²) in [6.07, 6.45) is 12.5. The fourth-order valence-electron chi connectivity index (χ4n) is 6.58. The van der Waals surface area contributed by atoms with E-state index in [0.29, 0.717) is 0 Å². The molecular formula is C38H48N2. The van der Waals surface area contributed by atoms with Crippen LogP contribution < -0.4 is 0 Å². The summed E-state index contributed by atoms with van der Waals surface area (Å²) in [4.78, 5) is 0. The third-order valence-corrected chi connectivity index (χ3v) is 9.00. The second kappa shape index (κ2) is 13.4. The molecule has 2 nitrogen and oxygen atoms in total. The van der Waals surface area contributed by atoms with E-state index in [1.807, 2.05) is 0 Å². The number of para-hydroxylation sites is 2. The van der Waals surface area contributed by atoms with E-state index < -0.39 is 0 Å². The van der Waals surface area contributed by atoms with Gasteiger partial charge in [-0.25, -0.2) is 0 Å². The third kappa shape index (κ3) is 6.07. The van der Waals surface area contributed by atoms with Crippen molar-refractivity contribution in [2.75, 3.05) is 0 Å². The lowest BCUT2D eigenvalue weighted by Gasteiger charge is -2.19. The molecule has 2 atom stereocenters. The van der Waals surface area contributed by atoms with Crippen molar-refractivity contribution in [1.29, 1.82) is 0 Å². The molecule has 0 bridgehead atoms. The van der Waals surface area contributed by atoms with Gasteiger partial charge in [0.2, 0.25) is 0 Å². The van der Waals surface area contributed by atoms with Gasteiger partial charge in [0, 0.05) is 33.5 Å². The molecule has 210 valence electrons. The van der Waals surface area contributed by atoms with E-state index in [0.717, 1.165) is 24.7 Å². The molecule has 0 aliphatic carbocycles. The Morgan fingerprint density at radius 3 is 1.40 bits per heavy atom. The smallest absolute Gasteiger partial charge is 0.0531 e. The minimum Gasteiger partial charge on any atom is -0.314 e. The number of nitrogens with zero attached hydrogens (tertiary/aromatic N) is 2. The monoisotopic (exact) mass is 532 g/mol. The van der Waals surface area contributed by atoms with Gasteiger partial charge in [-0.05, 0) is 67.1 Å². The maximum atomic E-state index is 2.54. The van der Waals surface area contributed by atoms with Crippen molar-refractivity contribution in [1.82, 2.24) is 9.13 Å². The van der Waals surface area contributed by atoms with Crippen LogP contribution in [0.3, 0.4) is 0 Å². The molecule has 0 radical (unpaired) electrons. The van der Waals surface area contributed by atoms with E-state index in [1.54, 1.807) is 0 Å². The topological polar surface area (TPSA) is 9.86 Å². The van der Waals surface area contributed by atoms with Gasteiger partial charge < -0.3 is 9.13 Å². The van der Waals surface area contributed by atoms with Crippen LogP contribution in [0.15, 0.2) is 84.9 Å². The summed E-state index contributed by atoms with van der Waals surface area (Å²) >= 11 is 0. The highest BCUT2D eigenvalue weighted by Gasteiger charge is 2.18. The lowest BCUT2D eigenvalue weighted by atomic mass is 9.94. The van der Waals surface area contributed by atoms with E-state index in [4.69, 9.17) is 0 Å². The maximum absolute atomic E-state index is 2.54. The molecule has 40 heavy (non-hydrogen) atoms. The Morgan fingerprint density at radius 2 is 0.975 bits per heavy atom. The molecule has 0 saturated carbocycles. The highest BCUT2D eigenvalue weighted by Crippen LogP contribution is 2.32. The molecule has 2 unspecified atom stereocenters. The SMILES string of the molecule is CCCCC(CC)Cc1cc2ccccc2n1-c1cccc(-n2c(CC(CC)CCCC)cc3ccccc32)c1. The lowest BCUT2D eigenvalue weighted by Crippen LogP contribution is -2.10. The molecular weight excluding hydrogens is 484 g/mol. The highest BCUT2D eigenvalue weighted by molar-refractivity contribution is 5.85. The Morgan fingerprint density at radius 1 is 0.525 bits per heavy atom. The predicted octanol–water partition coefficient (Wildman–Crippen LogP) is 11.1. The van der Waals surface area contributed by atoms with Gasteiger partial charge in [-0.2, -0.15) is 0 Å². The van der Waals surface area contributed by atoms with Crippen LogP contribution in [0.2, 0.25) is 0 Å². The van der Waals surface area contributed by atoms with Crippen molar-refractivity contribution >= 4 is 21.8 Å². The first-order valence-electron chi connectivity index (χ1n) is 16.0. The fourth-order valence-corrected chi connectivity index (χ4v) is 6.58. The summed E-state index contributed by atoms with van der Waals surface area (Å²) in [5.74, 6) is 1.44. The molecule has 5 rings (SSSR count). The molecule has 0 aliphatic heterocycles. The summed E-state index contributed by atoms with van der Waals surface area (Å²) in [7, 11) is 0. The van der Waals surface area contributed by atoms with E-state index in [2.05, 4.69) is 122 Å². The second-order valence-corrected chi connectivity index (χ2v) is 11.8. The molecule has 2 heterocycles. The summed E-state index contributed by atoms with van der Waals surface area (Å²) in [6.45, 7) is 9.33. The van der Waals surface area contributed by atoms with Crippen molar-refractivity contribution in [2.45, 2.75) is 91.9 Å². The van der Waals surface area contributed by atoms with Crippen molar-refractivity contribution in [3.8, 4) is 11.4 Å². The summed E-state index contributed by atoms with van der Waals surface area (Å²) in [6, 6.07) is 32.0. The van der Waals surface area contributed by atoms with Crippen molar-refractivity contribution < 1.29 is 0 Å². The predicted molar refractivity (Wildman–Crippen MR) is 174 cm³/mol. The number of rotatable bonds is 14. The fraction of sp³-hybridized carbons (Fsp3) is 0.421. The van der Waals surface area contributed by atoms with Gasteiger partial charge in [0.1, 0.15) is 0 Å². The lowest BCUT2D eigenvalue weighted by molar-refractivity contribution is 0.443. The Kier molecular flexibility index (Phi) is 9.47. The van der Waals surface area contributed by atoms with Crippen molar-refractivity contribution in [2.24, 2.45) is 11.8 Å². The first-order chi connectivity index (χ1) is 19.7. The first-order valence-corrected chi connectivity index (χ1v) is 16.0. The van der Waals surface area contributed by atoms with Gasteiger partial charge in [-0.1, -0.05) is 122 Å². The van der Waals surface area contributed by atoms with E-state index >= 15 is 0 Å². The van der Waals surface area contributed by atoms with Crippen LogP contribution in [0, 0.1) is 11.8 Å². The molecule has 0 fully saturated rings. The molecule has 5 aromatic rings. The molecule has 0 amide bonds. The highest BCUT2D eigenvalue weighted by atomic mass is 15.0. The summed E-state index contributed by atoms with van der Waals surface area (Å²) < 4.78 is 5.07. The van der Waals surface area contributed by atoms with Gasteiger partial charge in [-0.15, -0.1) is 0 Å². The number of hydrogen-bond acceptors (Lipinski definition) is 0. The number of hydrogen-bond donors (Lipinski definition) is 0. The number of unbranched alkanes of at least 4 members (excludes halogenated alkanes) is 2. The number of benzene rings is 3. The average Bonchev–Trinajstić information content (AvgIpc) is 3.54. The second-order valence-electron chi connectivity index (χ2n) is 11.8. The molecule has 0 aliphatic rings. The molecule has 0 N–H and O–H groups in total. The van der Waals surface area contributed by atoms with Gasteiger partial charge in [0.15, 0.2) is 0 Å². The van der Waals surface area contributed by atoms with Gasteiger partial charge >= 0.3 is 0 Å². The minimum absolute atomic E-state index is 0.722. The van der Waals surface area contributed by atoms with Crippen LogP contribution in [-0.2, 0) is 12.8 Å². The molecule has 3 aromatic carbocycles. The van der Waals surface area contributed by atoms with Crippen LogP contribution in [0.5, 0.6) is 0 Å². The van der Waals surface area contributed by atoms with Crippen molar-refractivity contribution in [3.05, 3.63) is 96.3 Å². The maximum Gasteiger partial charge on any atom is 0.0531 e. The Hall–Kier alpha value is -3.26. The van der Waals surface area contributed by atoms with Crippen LogP contribution >= 0.6 is 0 Å². The molecule has 0 saturated heterocycles. The van der Waals surface area contributed by atoms with Crippen LogP contribution in [0.4, 0.5) is 0 Å².